The first-order valence-corrected chi connectivity index (χ1v) is 9.63. The molecule has 3 rings (SSSR count). The maximum Gasteiger partial charge on any atom is 0.527 e. The number of benzene rings is 1. The Hall–Kier alpha value is -0.830. The molecule has 2 aliphatic rings. The van der Waals surface area contributed by atoms with Gasteiger partial charge in [-0.2, -0.15) is 0 Å². The van der Waals surface area contributed by atoms with Crippen molar-refractivity contribution in [2.75, 3.05) is 7.11 Å². The number of rotatable bonds is 7. The Morgan fingerprint density at radius 3 is 1.91 bits per heavy atom. The summed E-state index contributed by atoms with van der Waals surface area (Å²) in [6.07, 6.45) is 4.91. The van der Waals surface area contributed by atoms with Crippen LogP contribution >= 0.6 is 7.82 Å². The minimum Gasteiger partial charge on any atom is -0.404 e. The first-order valence-electron chi connectivity index (χ1n) is 8.14. The summed E-state index contributed by atoms with van der Waals surface area (Å²) in [4.78, 5) is 9.81. The average molecular weight is 324 g/mol. The topological polar surface area (TPSA) is 55.8 Å². The van der Waals surface area contributed by atoms with Crippen molar-refractivity contribution < 1.29 is 18.5 Å². The first-order chi connectivity index (χ1) is 10.4. The Labute approximate surface area is 132 Å². The molecule has 0 spiro atoms. The molecule has 1 aromatic carbocycles. The molecule has 0 heterocycles. The summed E-state index contributed by atoms with van der Waals surface area (Å²) in [6, 6.07) is 6.10. The summed E-state index contributed by atoms with van der Waals surface area (Å²) in [5, 5.41) is 0. The number of hydrogen-bond donors (Lipinski definition) is 1. The van der Waals surface area contributed by atoms with E-state index in [1.165, 1.54) is 32.8 Å². The van der Waals surface area contributed by atoms with E-state index in [2.05, 4.69) is 18.4 Å². The van der Waals surface area contributed by atoms with Crippen LogP contribution < -0.4 is 4.52 Å². The zero-order valence-electron chi connectivity index (χ0n) is 13.5. The predicted octanol–water partition coefficient (Wildman–Crippen LogP) is 4.84. The second-order valence-corrected chi connectivity index (χ2v) is 8.25. The van der Waals surface area contributed by atoms with E-state index in [0.717, 1.165) is 11.1 Å². The molecule has 0 aliphatic heterocycles. The van der Waals surface area contributed by atoms with Gasteiger partial charge in [0.2, 0.25) is 0 Å². The molecule has 5 heteroatoms. The summed E-state index contributed by atoms with van der Waals surface area (Å²) in [6.45, 7) is 4.36. The first kappa shape index (κ1) is 16.0. The van der Waals surface area contributed by atoms with Crippen molar-refractivity contribution in [3.05, 3.63) is 29.3 Å². The quantitative estimate of drug-likeness (QED) is 0.729. The van der Waals surface area contributed by atoms with Gasteiger partial charge in [-0.15, -0.1) is 0 Å². The van der Waals surface area contributed by atoms with E-state index in [1.807, 2.05) is 18.2 Å². The Kier molecular flexibility index (Phi) is 4.37. The molecule has 4 nitrogen and oxygen atoms in total. The third-order valence-electron chi connectivity index (χ3n) is 5.15. The smallest absolute Gasteiger partial charge is 0.404 e. The van der Waals surface area contributed by atoms with Gasteiger partial charge in [0.25, 0.3) is 0 Å². The van der Waals surface area contributed by atoms with E-state index >= 15 is 0 Å². The average Bonchev–Trinajstić information content (AvgIpc) is 3.38. The molecule has 0 aromatic heterocycles. The minimum atomic E-state index is -4.05. The second kappa shape index (κ2) is 5.99. The van der Waals surface area contributed by atoms with E-state index < -0.39 is 7.82 Å². The van der Waals surface area contributed by atoms with Crippen LogP contribution in [0.4, 0.5) is 0 Å². The highest BCUT2D eigenvalue weighted by atomic mass is 31.2. The zero-order chi connectivity index (χ0) is 15.9. The van der Waals surface area contributed by atoms with Crippen molar-refractivity contribution in [1.29, 1.82) is 0 Å². The molecule has 3 atom stereocenters. The minimum absolute atomic E-state index is 0.346. The van der Waals surface area contributed by atoms with Gasteiger partial charge in [0.15, 0.2) is 0 Å². The molecule has 0 amide bonds. The SMILES string of the molecule is COP(=O)(O)Oc1c([C@@H](C)C2CC2)cccc1[C@H](C)C1CC1. The standard InChI is InChI=1S/C17H25O4P/c1-11(13-7-8-13)15-5-4-6-16(12(2)14-9-10-14)17(15)21-22(18,19)20-3/h4-6,11-14H,7-10H2,1-3H3,(H,18,19)/t11-,12+. The Morgan fingerprint density at radius 1 is 1.09 bits per heavy atom. The van der Waals surface area contributed by atoms with Gasteiger partial charge in [-0.1, -0.05) is 32.0 Å². The van der Waals surface area contributed by atoms with Gasteiger partial charge in [0.1, 0.15) is 5.75 Å². The fourth-order valence-electron chi connectivity index (χ4n) is 3.25. The lowest BCUT2D eigenvalue weighted by Gasteiger charge is -2.23. The lowest BCUT2D eigenvalue weighted by atomic mass is 9.88. The summed E-state index contributed by atoms with van der Waals surface area (Å²) < 4.78 is 22.1. The number of hydrogen-bond acceptors (Lipinski definition) is 3. The highest BCUT2D eigenvalue weighted by Gasteiger charge is 2.36. The number of phosphoric ester groups is 1. The van der Waals surface area contributed by atoms with Gasteiger partial charge in [-0.05, 0) is 60.5 Å². The summed E-state index contributed by atoms with van der Waals surface area (Å²) >= 11 is 0. The highest BCUT2D eigenvalue weighted by molar-refractivity contribution is 7.47. The van der Waals surface area contributed by atoms with Crippen LogP contribution in [-0.4, -0.2) is 12.0 Å². The van der Waals surface area contributed by atoms with Crippen LogP contribution in [0.1, 0.15) is 62.5 Å². The normalized spacial score (nSPS) is 23.6. The molecule has 0 bridgehead atoms. The van der Waals surface area contributed by atoms with Gasteiger partial charge < -0.3 is 4.52 Å². The van der Waals surface area contributed by atoms with E-state index in [1.54, 1.807) is 0 Å². The predicted molar refractivity (Wildman–Crippen MR) is 86.2 cm³/mol. The molecule has 1 N–H and O–H groups in total. The van der Waals surface area contributed by atoms with Gasteiger partial charge in [-0.25, -0.2) is 4.57 Å². The molecule has 0 saturated heterocycles. The van der Waals surface area contributed by atoms with Crippen LogP contribution in [0.3, 0.4) is 0 Å². The van der Waals surface area contributed by atoms with Crippen molar-refractivity contribution in [3.8, 4) is 5.75 Å². The molecule has 2 aliphatic carbocycles. The van der Waals surface area contributed by atoms with Gasteiger partial charge in [-0.3, -0.25) is 9.42 Å². The fourth-order valence-corrected chi connectivity index (χ4v) is 3.77. The van der Waals surface area contributed by atoms with Gasteiger partial charge in [0.05, 0.1) is 0 Å². The van der Waals surface area contributed by atoms with Gasteiger partial charge >= 0.3 is 7.82 Å². The maximum absolute atomic E-state index is 12.0. The second-order valence-electron chi connectivity index (χ2n) is 6.76. The molecular weight excluding hydrogens is 299 g/mol. The van der Waals surface area contributed by atoms with Crippen LogP contribution in [0.15, 0.2) is 18.2 Å². The van der Waals surface area contributed by atoms with Crippen molar-refractivity contribution in [2.24, 2.45) is 11.8 Å². The molecule has 2 fully saturated rings. The molecule has 22 heavy (non-hydrogen) atoms. The summed E-state index contributed by atoms with van der Waals surface area (Å²) in [5.74, 6) is 2.59. The van der Waals surface area contributed by atoms with Crippen LogP contribution in [0.2, 0.25) is 0 Å². The lowest BCUT2D eigenvalue weighted by Crippen LogP contribution is -2.07. The largest absolute Gasteiger partial charge is 0.527 e. The Morgan fingerprint density at radius 2 is 1.55 bits per heavy atom. The third-order valence-corrected chi connectivity index (χ3v) is 6.03. The highest BCUT2D eigenvalue weighted by Crippen LogP contribution is 2.53. The molecule has 2 saturated carbocycles. The molecule has 1 aromatic rings. The van der Waals surface area contributed by atoms with Crippen LogP contribution in [0.5, 0.6) is 5.75 Å². The van der Waals surface area contributed by atoms with Crippen LogP contribution in [0, 0.1) is 11.8 Å². The maximum atomic E-state index is 12.0. The lowest BCUT2D eigenvalue weighted by molar-refractivity contribution is 0.240. The molecule has 1 unspecified atom stereocenters. The van der Waals surface area contributed by atoms with Crippen molar-refractivity contribution in [3.63, 3.8) is 0 Å². The fraction of sp³-hybridized carbons (Fsp3) is 0.647. The van der Waals surface area contributed by atoms with Crippen LogP contribution in [0.25, 0.3) is 0 Å². The van der Waals surface area contributed by atoms with E-state index in [-0.39, 0.29) is 0 Å². The van der Waals surface area contributed by atoms with Crippen molar-refractivity contribution in [2.45, 2.75) is 51.4 Å². The number of para-hydroxylation sites is 1. The van der Waals surface area contributed by atoms with E-state index in [9.17, 15) is 9.46 Å². The van der Waals surface area contributed by atoms with Crippen molar-refractivity contribution >= 4 is 7.82 Å². The molecular formula is C17H25O4P. The Balaban J connectivity index is 2.00. The number of phosphoric acid groups is 1. The van der Waals surface area contributed by atoms with Crippen LogP contribution in [-0.2, 0) is 9.09 Å². The van der Waals surface area contributed by atoms with Crippen molar-refractivity contribution in [1.82, 2.24) is 0 Å². The molecule has 0 radical (unpaired) electrons. The zero-order valence-corrected chi connectivity index (χ0v) is 14.4. The third kappa shape index (κ3) is 3.40. The van der Waals surface area contributed by atoms with Gasteiger partial charge in [0, 0.05) is 7.11 Å². The summed E-state index contributed by atoms with van der Waals surface area (Å²) in [5.41, 5.74) is 2.08. The Bertz CT molecular complexity index is 556. The molecule has 122 valence electrons. The monoisotopic (exact) mass is 324 g/mol. The summed E-state index contributed by atoms with van der Waals surface area (Å²) in [7, 11) is -2.84. The van der Waals surface area contributed by atoms with E-state index in [0.29, 0.717) is 29.4 Å². The van der Waals surface area contributed by atoms with E-state index in [4.69, 9.17) is 4.52 Å².